The summed E-state index contributed by atoms with van der Waals surface area (Å²) >= 11 is 9.45. The third-order valence-corrected chi connectivity index (χ3v) is 3.66. The summed E-state index contributed by atoms with van der Waals surface area (Å²) in [5.41, 5.74) is 1.27. The fourth-order valence-corrected chi connectivity index (χ4v) is 2.61. The molecule has 5 heteroatoms. The zero-order chi connectivity index (χ0) is 12.6. The number of ketones is 1. The topological polar surface area (TPSA) is 43.4 Å². The molecule has 0 N–H and O–H groups in total. The molecule has 1 aliphatic rings. The number of halogens is 2. The zero-order valence-corrected chi connectivity index (χ0v) is 11.5. The molecule has 90 valence electrons. The third kappa shape index (κ3) is 2.00. The molecule has 0 heterocycles. The summed E-state index contributed by atoms with van der Waals surface area (Å²) in [4.78, 5) is 22.3. The van der Waals surface area contributed by atoms with Crippen molar-refractivity contribution in [1.29, 1.82) is 0 Å². The van der Waals surface area contributed by atoms with Gasteiger partial charge in [-0.05, 0) is 30.7 Å². The number of fused-ring (bicyclic) bond motifs is 1. The van der Waals surface area contributed by atoms with Crippen LogP contribution in [0, 0.1) is 0 Å². The maximum atomic E-state index is 12.1. The number of alkyl halides is 1. The van der Waals surface area contributed by atoms with Gasteiger partial charge in [0, 0.05) is 16.5 Å². The van der Waals surface area contributed by atoms with E-state index in [4.69, 9.17) is 16.3 Å². The molecule has 0 bridgehead atoms. The average Bonchev–Trinajstić information content (AvgIpc) is 2.52. The lowest BCUT2D eigenvalue weighted by Crippen LogP contribution is -2.40. The van der Waals surface area contributed by atoms with E-state index in [-0.39, 0.29) is 18.8 Å². The Morgan fingerprint density at radius 1 is 1.59 bits per heavy atom. The standard InChI is InChI=1S/C12H10BrClO3/c1-2-17-11(16)12(14)6-7-5-8(13)3-4-9(7)10(12)15/h3-5H,2,6H2,1H3. The molecule has 0 saturated heterocycles. The number of ether oxygens (including phenoxy) is 1. The summed E-state index contributed by atoms with van der Waals surface area (Å²) in [6, 6.07) is 5.23. The van der Waals surface area contributed by atoms with Crippen LogP contribution in [-0.2, 0) is 16.0 Å². The van der Waals surface area contributed by atoms with Crippen LogP contribution in [0.2, 0.25) is 0 Å². The van der Waals surface area contributed by atoms with Gasteiger partial charge in [-0.1, -0.05) is 27.5 Å². The molecule has 3 nitrogen and oxygen atoms in total. The highest BCUT2D eigenvalue weighted by molar-refractivity contribution is 9.10. The number of hydrogen-bond donors (Lipinski definition) is 0. The van der Waals surface area contributed by atoms with Crippen molar-refractivity contribution in [2.24, 2.45) is 0 Å². The number of carbonyl (C=O) groups excluding carboxylic acids is 2. The quantitative estimate of drug-likeness (QED) is 0.478. The Bertz CT molecular complexity index is 501. The Balaban J connectivity index is 2.39. The Kier molecular flexibility index (Phi) is 3.27. The molecule has 1 aromatic rings. The van der Waals surface area contributed by atoms with E-state index in [0.29, 0.717) is 5.56 Å². The maximum absolute atomic E-state index is 12.1. The second kappa shape index (κ2) is 4.42. The van der Waals surface area contributed by atoms with E-state index in [9.17, 15) is 9.59 Å². The first kappa shape index (κ1) is 12.6. The van der Waals surface area contributed by atoms with Crippen LogP contribution in [0.15, 0.2) is 22.7 Å². The van der Waals surface area contributed by atoms with Crippen molar-refractivity contribution in [2.75, 3.05) is 6.61 Å². The second-order valence-electron chi connectivity index (χ2n) is 3.83. The van der Waals surface area contributed by atoms with Gasteiger partial charge in [0.2, 0.25) is 4.87 Å². The van der Waals surface area contributed by atoms with Gasteiger partial charge in [0.05, 0.1) is 6.61 Å². The molecule has 2 rings (SSSR count). The van der Waals surface area contributed by atoms with Crippen LogP contribution in [-0.4, -0.2) is 23.2 Å². The molecule has 1 atom stereocenters. The Hall–Kier alpha value is -0.870. The predicted molar refractivity (Wildman–Crippen MR) is 67.4 cm³/mol. The van der Waals surface area contributed by atoms with Crippen LogP contribution in [0.4, 0.5) is 0 Å². The lowest BCUT2D eigenvalue weighted by atomic mass is 10.0. The van der Waals surface area contributed by atoms with E-state index < -0.39 is 10.8 Å². The van der Waals surface area contributed by atoms with Crippen molar-refractivity contribution < 1.29 is 14.3 Å². The number of rotatable bonds is 2. The highest BCUT2D eigenvalue weighted by Crippen LogP contribution is 2.37. The number of hydrogen-bond acceptors (Lipinski definition) is 3. The molecule has 0 radical (unpaired) electrons. The van der Waals surface area contributed by atoms with E-state index in [2.05, 4.69) is 15.9 Å². The van der Waals surface area contributed by atoms with Gasteiger partial charge in [-0.25, -0.2) is 4.79 Å². The average molecular weight is 318 g/mol. The van der Waals surface area contributed by atoms with Crippen LogP contribution in [0.5, 0.6) is 0 Å². The molecule has 17 heavy (non-hydrogen) atoms. The van der Waals surface area contributed by atoms with Crippen LogP contribution >= 0.6 is 27.5 Å². The highest BCUT2D eigenvalue weighted by atomic mass is 79.9. The Morgan fingerprint density at radius 3 is 2.94 bits per heavy atom. The van der Waals surface area contributed by atoms with Crippen molar-refractivity contribution in [2.45, 2.75) is 18.2 Å². The van der Waals surface area contributed by atoms with Crippen LogP contribution in [0.1, 0.15) is 22.8 Å². The van der Waals surface area contributed by atoms with Gasteiger partial charge in [-0.15, -0.1) is 0 Å². The maximum Gasteiger partial charge on any atom is 0.335 e. The van der Waals surface area contributed by atoms with E-state index in [1.165, 1.54) is 0 Å². The van der Waals surface area contributed by atoms with Crippen molar-refractivity contribution in [1.82, 2.24) is 0 Å². The molecule has 0 aromatic heterocycles. The second-order valence-corrected chi connectivity index (χ2v) is 5.39. The Labute approximate surface area is 112 Å². The molecule has 0 fully saturated rings. The summed E-state index contributed by atoms with van der Waals surface area (Å²) in [6.07, 6.45) is 0.182. The monoisotopic (exact) mass is 316 g/mol. The first-order valence-electron chi connectivity index (χ1n) is 5.18. The molecule has 0 amide bonds. The molecule has 0 saturated carbocycles. The lowest BCUT2D eigenvalue weighted by Gasteiger charge is -2.16. The minimum Gasteiger partial charge on any atom is -0.464 e. The van der Waals surface area contributed by atoms with Crippen LogP contribution in [0.25, 0.3) is 0 Å². The lowest BCUT2D eigenvalue weighted by molar-refractivity contribution is -0.144. The van der Waals surface area contributed by atoms with Gasteiger partial charge in [0.25, 0.3) is 0 Å². The van der Waals surface area contributed by atoms with Gasteiger partial charge in [0.15, 0.2) is 5.78 Å². The van der Waals surface area contributed by atoms with Crippen LogP contribution < -0.4 is 0 Å². The minimum atomic E-state index is -1.58. The van der Waals surface area contributed by atoms with E-state index >= 15 is 0 Å². The van der Waals surface area contributed by atoms with Crippen molar-refractivity contribution in [3.63, 3.8) is 0 Å². The number of carbonyl (C=O) groups is 2. The van der Waals surface area contributed by atoms with Crippen LogP contribution in [0.3, 0.4) is 0 Å². The summed E-state index contributed by atoms with van der Waals surface area (Å²) in [5, 5.41) is 0. The van der Waals surface area contributed by atoms with Crippen molar-refractivity contribution in [3.05, 3.63) is 33.8 Å². The summed E-state index contributed by atoms with van der Waals surface area (Å²) in [5.74, 6) is -1.04. The van der Waals surface area contributed by atoms with Crippen molar-refractivity contribution in [3.8, 4) is 0 Å². The van der Waals surface area contributed by atoms with Gasteiger partial charge in [0.1, 0.15) is 0 Å². The molecule has 0 spiro atoms. The number of Topliss-reactive ketones (excluding diaryl/α,β-unsaturated/α-hetero) is 1. The predicted octanol–water partition coefficient (Wildman–Crippen LogP) is 2.73. The summed E-state index contributed by atoms with van der Waals surface area (Å²) < 4.78 is 5.71. The normalized spacial score (nSPS) is 22.4. The van der Waals surface area contributed by atoms with E-state index in [0.717, 1.165) is 10.0 Å². The van der Waals surface area contributed by atoms with Gasteiger partial charge in [-0.3, -0.25) is 4.79 Å². The van der Waals surface area contributed by atoms with Gasteiger partial charge in [-0.2, -0.15) is 0 Å². The van der Waals surface area contributed by atoms with Gasteiger partial charge >= 0.3 is 5.97 Å². The first-order valence-corrected chi connectivity index (χ1v) is 6.35. The molecular weight excluding hydrogens is 307 g/mol. The molecule has 1 unspecified atom stereocenters. The first-order chi connectivity index (χ1) is 7.99. The largest absolute Gasteiger partial charge is 0.464 e. The van der Waals surface area contributed by atoms with Gasteiger partial charge < -0.3 is 4.74 Å². The van der Waals surface area contributed by atoms with E-state index in [1.807, 2.05) is 0 Å². The fraction of sp³-hybridized carbons (Fsp3) is 0.333. The molecule has 1 aliphatic carbocycles. The zero-order valence-electron chi connectivity index (χ0n) is 9.13. The Morgan fingerprint density at radius 2 is 2.29 bits per heavy atom. The fourth-order valence-electron chi connectivity index (χ4n) is 1.90. The molecular formula is C12H10BrClO3. The third-order valence-electron chi connectivity index (χ3n) is 2.70. The molecule has 1 aromatic carbocycles. The number of benzene rings is 1. The van der Waals surface area contributed by atoms with Crippen molar-refractivity contribution >= 4 is 39.3 Å². The minimum absolute atomic E-state index is 0.182. The smallest absolute Gasteiger partial charge is 0.335 e. The SMILES string of the molecule is CCOC(=O)C1(Cl)Cc2cc(Br)ccc2C1=O. The highest BCUT2D eigenvalue weighted by Gasteiger charge is 2.51. The summed E-state index contributed by atoms with van der Waals surface area (Å²) in [7, 11) is 0. The number of esters is 1. The van der Waals surface area contributed by atoms with E-state index in [1.54, 1.807) is 25.1 Å². The summed E-state index contributed by atoms with van der Waals surface area (Å²) in [6.45, 7) is 1.89. The molecule has 0 aliphatic heterocycles.